The summed E-state index contributed by atoms with van der Waals surface area (Å²) in [6, 6.07) is 14.2. The Bertz CT molecular complexity index is 1140. The fourth-order valence-electron chi connectivity index (χ4n) is 3.47. The van der Waals surface area contributed by atoms with E-state index >= 15 is 0 Å². The van der Waals surface area contributed by atoms with Gasteiger partial charge in [-0.25, -0.2) is 13.4 Å². The van der Waals surface area contributed by atoms with Crippen molar-refractivity contribution in [3.05, 3.63) is 59.7 Å². The first-order valence-electron chi connectivity index (χ1n) is 10.0. The van der Waals surface area contributed by atoms with Crippen LogP contribution in [0.5, 0.6) is 0 Å². The van der Waals surface area contributed by atoms with Gasteiger partial charge in [-0.05, 0) is 35.4 Å². The van der Waals surface area contributed by atoms with Crippen LogP contribution in [-0.4, -0.2) is 56.5 Å². The highest BCUT2D eigenvalue weighted by Crippen LogP contribution is 2.34. The normalized spacial score (nSPS) is 15.9. The lowest BCUT2D eigenvalue weighted by molar-refractivity contribution is -0.141. The molecule has 1 amide bonds. The predicted molar refractivity (Wildman–Crippen MR) is 123 cm³/mol. The minimum atomic E-state index is -3.44. The van der Waals surface area contributed by atoms with Crippen LogP contribution < -0.4 is 9.62 Å². The van der Waals surface area contributed by atoms with Crippen LogP contribution in [0.4, 0.5) is 11.4 Å². The smallest absolute Gasteiger partial charge is 0.303 e. The molecule has 10 heteroatoms. The molecule has 32 heavy (non-hydrogen) atoms. The summed E-state index contributed by atoms with van der Waals surface area (Å²) in [5.41, 5.74) is 3.59. The number of anilines is 2. The number of carboxylic acids is 1. The number of carbonyl (C=O) groups is 2. The minimum absolute atomic E-state index is 0.159. The molecule has 170 valence electrons. The fraction of sp³-hybridized carbons (Fsp3) is 0.318. The summed E-state index contributed by atoms with van der Waals surface area (Å²) in [5.74, 6) is -1.43. The third-order valence-electron chi connectivity index (χ3n) is 5.01. The van der Waals surface area contributed by atoms with Gasteiger partial charge in [0, 0.05) is 38.3 Å². The van der Waals surface area contributed by atoms with Crippen LogP contribution in [0, 0.1) is 0 Å². The van der Waals surface area contributed by atoms with E-state index in [4.69, 9.17) is 5.11 Å². The fourth-order valence-corrected chi connectivity index (χ4v) is 4.03. The highest BCUT2D eigenvalue weighted by Gasteiger charge is 2.33. The first-order valence-corrected chi connectivity index (χ1v) is 11.9. The van der Waals surface area contributed by atoms with Crippen LogP contribution in [0.15, 0.2) is 53.6 Å². The van der Waals surface area contributed by atoms with Gasteiger partial charge in [-0.15, -0.1) is 0 Å². The molecule has 0 aliphatic carbocycles. The summed E-state index contributed by atoms with van der Waals surface area (Å²) >= 11 is 0. The van der Waals surface area contributed by atoms with E-state index in [1.54, 1.807) is 24.3 Å². The summed E-state index contributed by atoms with van der Waals surface area (Å²) in [7, 11) is 0.435. The maximum atomic E-state index is 12.8. The lowest BCUT2D eigenvalue weighted by Crippen LogP contribution is -2.27. The lowest BCUT2D eigenvalue weighted by Gasteiger charge is -2.22. The van der Waals surface area contributed by atoms with Gasteiger partial charge in [0.1, 0.15) is 0 Å². The van der Waals surface area contributed by atoms with Gasteiger partial charge in [-0.1, -0.05) is 24.3 Å². The lowest BCUT2D eigenvalue weighted by atomic mass is 9.97. The van der Waals surface area contributed by atoms with E-state index in [1.807, 2.05) is 43.3 Å². The Balaban J connectivity index is 1.92. The van der Waals surface area contributed by atoms with Gasteiger partial charge in [0.05, 0.1) is 24.4 Å². The second kappa shape index (κ2) is 9.39. The molecule has 0 aromatic heterocycles. The van der Waals surface area contributed by atoms with E-state index in [9.17, 15) is 18.0 Å². The summed E-state index contributed by atoms with van der Waals surface area (Å²) in [6.45, 7) is 0. The molecule has 3 rings (SSSR count). The van der Waals surface area contributed by atoms with E-state index < -0.39 is 16.0 Å². The molecule has 2 N–H and O–H groups in total. The number of hydrazone groups is 1. The summed E-state index contributed by atoms with van der Waals surface area (Å²) < 4.78 is 25.6. The molecular formula is C22H26N4O5S. The highest BCUT2D eigenvalue weighted by atomic mass is 32.2. The van der Waals surface area contributed by atoms with Crippen molar-refractivity contribution in [1.82, 2.24) is 5.01 Å². The van der Waals surface area contributed by atoms with E-state index in [0.29, 0.717) is 23.4 Å². The monoisotopic (exact) mass is 458 g/mol. The van der Waals surface area contributed by atoms with Crippen molar-refractivity contribution >= 4 is 39.0 Å². The zero-order valence-corrected chi connectivity index (χ0v) is 19.0. The number of nitrogens with one attached hydrogen (secondary N) is 1. The molecule has 2 aromatic carbocycles. The quantitative estimate of drug-likeness (QED) is 0.628. The van der Waals surface area contributed by atoms with Crippen LogP contribution in [0.25, 0.3) is 0 Å². The first-order chi connectivity index (χ1) is 15.0. The topological polar surface area (TPSA) is 119 Å². The number of nitrogens with zero attached hydrogens (tertiary/aromatic N) is 3. The van der Waals surface area contributed by atoms with Crippen molar-refractivity contribution < 1.29 is 23.1 Å². The first kappa shape index (κ1) is 23.3. The second-order valence-electron chi connectivity index (χ2n) is 7.84. The average molecular weight is 459 g/mol. The van der Waals surface area contributed by atoms with Crippen molar-refractivity contribution in [3.8, 4) is 0 Å². The summed E-state index contributed by atoms with van der Waals surface area (Å²) in [6.07, 6.45) is 1.06. The maximum Gasteiger partial charge on any atom is 0.303 e. The largest absolute Gasteiger partial charge is 0.481 e. The minimum Gasteiger partial charge on any atom is -0.481 e. The number of benzene rings is 2. The van der Waals surface area contributed by atoms with Crippen LogP contribution in [0.1, 0.15) is 36.4 Å². The van der Waals surface area contributed by atoms with Gasteiger partial charge in [-0.3, -0.25) is 14.3 Å². The highest BCUT2D eigenvalue weighted by molar-refractivity contribution is 7.92. The van der Waals surface area contributed by atoms with Gasteiger partial charge < -0.3 is 10.0 Å². The van der Waals surface area contributed by atoms with Gasteiger partial charge in [0.25, 0.3) is 0 Å². The summed E-state index contributed by atoms with van der Waals surface area (Å²) in [5, 5.41) is 14.8. The van der Waals surface area contributed by atoms with E-state index in [2.05, 4.69) is 9.82 Å². The molecule has 1 heterocycles. The molecule has 0 saturated carbocycles. The molecule has 0 radical (unpaired) electrons. The molecule has 1 atom stereocenters. The number of sulfonamides is 1. The van der Waals surface area contributed by atoms with E-state index in [1.165, 1.54) is 5.01 Å². The van der Waals surface area contributed by atoms with E-state index in [-0.39, 0.29) is 24.8 Å². The number of aliphatic carboxylic acids is 1. The van der Waals surface area contributed by atoms with Crippen molar-refractivity contribution in [2.75, 3.05) is 30.0 Å². The van der Waals surface area contributed by atoms with Crippen molar-refractivity contribution in [3.63, 3.8) is 0 Å². The molecule has 0 spiro atoms. The number of carbonyl (C=O) groups excluding carboxylic acids is 1. The number of amides is 1. The Morgan fingerprint density at radius 2 is 1.84 bits per heavy atom. The molecule has 0 fully saturated rings. The SMILES string of the molecule is CN(C)c1ccc([C@H]2CC(c3cccc(NS(C)(=O)=O)c3)=NN2C(=O)CCC(=O)O)cc1. The predicted octanol–water partition coefficient (Wildman–Crippen LogP) is 2.67. The van der Waals surface area contributed by atoms with Gasteiger partial charge >= 0.3 is 5.97 Å². The van der Waals surface area contributed by atoms with Gasteiger partial charge in [-0.2, -0.15) is 5.10 Å². The van der Waals surface area contributed by atoms with Crippen molar-refractivity contribution in [2.45, 2.75) is 25.3 Å². The number of rotatable bonds is 8. The summed E-state index contributed by atoms with van der Waals surface area (Å²) in [4.78, 5) is 25.7. The molecule has 2 aromatic rings. The zero-order valence-electron chi connectivity index (χ0n) is 18.1. The molecule has 0 saturated heterocycles. The second-order valence-corrected chi connectivity index (χ2v) is 9.59. The molecular weight excluding hydrogens is 432 g/mol. The third kappa shape index (κ3) is 5.85. The standard InChI is InChI=1S/C22H26N4O5S/c1-25(2)18-9-7-15(8-10-18)20-14-19(23-26(20)21(27)11-12-22(28)29)16-5-4-6-17(13-16)24-32(3,30)31/h4-10,13,20,24H,11-12,14H2,1-3H3,(H,28,29)/t20-/m1/s1. The molecule has 0 unspecified atom stereocenters. The van der Waals surface area contributed by atoms with Gasteiger partial charge in [0.2, 0.25) is 15.9 Å². The third-order valence-corrected chi connectivity index (χ3v) is 5.62. The molecule has 1 aliphatic heterocycles. The molecule has 1 aliphatic rings. The van der Waals surface area contributed by atoms with Crippen LogP contribution in [-0.2, 0) is 19.6 Å². The van der Waals surface area contributed by atoms with Crippen LogP contribution in [0.2, 0.25) is 0 Å². The maximum absolute atomic E-state index is 12.8. The molecule has 9 nitrogen and oxygen atoms in total. The van der Waals surface area contributed by atoms with E-state index in [0.717, 1.165) is 17.5 Å². The van der Waals surface area contributed by atoms with Crippen molar-refractivity contribution in [2.24, 2.45) is 5.10 Å². The van der Waals surface area contributed by atoms with Crippen molar-refractivity contribution in [1.29, 1.82) is 0 Å². The van der Waals surface area contributed by atoms with Gasteiger partial charge in [0.15, 0.2) is 0 Å². The Hall–Kier alpha value is -3.40. The number of hydrogen-bond acceptors (Lipinski definition) is 6. The number of carboxylic acid groups (broad SMARTS) is 1. The Labute approximate surface area is 187 Å². The van der Waals surface area contributed by atoms with Crippen LogP contribution >= 0.6 is 0 Å². The Morgan fingerprint density at radius 1 is 1.16 bits per heavy atom. The molecule has 0 bridgehead atoms. The van der Waals surface area contributed by atoms with Crippen LogP contribution in [0.3, 0.4) is 0 Å². The Morgan fingerprint density at radius 3 is 2.44 bits per heavy atom. The Kier molecular flexibility index (Phi) is 6.83. The number of hydrogen-bond donors (Lipinski definition) is 2. The zero-order chi connectivity index (χ0) is 23.5. The average Bonchev–Trinajstić information content (AvgIpc) is 3.16.